The van der Waals surface area contributed by atoms with Crippen LogP contribution in [0.4, 0.5) is 16.2 Å². The third kappa shape index (κ3) is 3.76. The number of fused-ring (bicyclic) bond motifs is 1. The highest BCUT2D eigenvalue weighted by atomic mass is 35.5. The summed E-state index contributed by atoms with van der Waals surface area (Å²) in [5.74, 6) is -0.189. The fourth-order valence-electron chi connectivity index (χ4n) is 4.52. The highest BCUT2D eigenvalue weighted by molar-refractivity contribution is 6.29. The van der Waals surface area contributed by atoms with Crippen LogP contribution in [0.2, 0.25) is 5.15 Å². The molecule has 2 heterocycles. The summed E-state index contributed by atoms with van der Waals surface area (Å²) in [7, 11) is 1.57. The number of nitrogens with two attached hydrogens (primary N) is 1. The molecule has 0 radical (unpaired) electrons. The van der Waals surface area contributed by atoms with Crippen LogP contribution in [-0.4, -0.2) is 33.6 Å². The molecule has 2 atom stereocenters. The Morgan fingerprint density at radius 2 is 1.97 bits per heavy atom. The third-order valence-corrected chi connectivity index (χ3v) is 6.16. The molecule has 2 unspecified atom stereocenters. The second-order valence-corrected chi connectivity index (χ2v) is 8.17. The molecule has 0 fully saturated rings. The lowest BCUT2D eigenvalue weighted by Crippen LogP contribution is -2.09. The Bertz CT molecular complexity index is 1430. The van der Waals surface area contributed by atoms with Crippen LogP contribution in [0.5, 0.6) is 5.75 Å². The number of methoxy groups -OCH3 is 1. The van der Waals surface area contributed by atoms with Crippen molar-refractivity contribution >= 4 is 23.4 Å². The van der Waals surface area contributed by atoms with Crippen LogP contribution in [0.3, 0.4) is 0 Å². The number of rotatable bonds is 5. The second-order valence-electron chi connectivity index (χ2n) is 7.78. The highest BCUT2D eigenvalue weighted by Crippen LogP contribution is 2.50. The average Bonchev–Trinajstić information content (AvgIpc) is 3.42. The van der Waals surface area contributed by atoms with Gasteiger partial charge < -0.3 is 20.4 Å². The highest BCUT2D eigenvalue weighted by Gasteiger charge is 2.37. The molecule has 0 aliphatic heterocycles. The molecular weight excluding hydrogens is 443 g/mol. The van der Waals surface area contributed by atoms with Crippen LogP contribution < -0.4 is 15.8 Å². The lowest BCUT2D eigenvalue weighted by molar-refractivity contribution is 0.412. The maximum Gasteiger partial charge on any atom is 0.222 e. The number of anilines is 2. The van der Waals surface area contributed by atoms with Crippen LogP contribution >= 0.6 is 11.6 Å². The minimum atomic E-state index is -2.49. The van der Waals surface area contributed by atoms with E-state index in [1.807, 2.05) is 18.2 Å². The molecule has 1 aliphatic carbocycles. The van der Waals surface area contributed by atoms with Gasteiger partial charge in [0.1, 0.15) is 28.9 Å². The van der Waals surface area contributed by atoms with Crippen molar-refractivity contribution in [3.63, 3.8) is 0 Å². The van der Waals surface area contributed by atoms with Crippen LogP contribution in [-0.2, 0) is 0 Å². The number of nitrogens with zero attached hydrogens (tertiary/aromatic N) is 4. The van der Waals surface area contributed by atoms with Gasteiger partial charge >= 0.3 is 0 Å². The Kier molecular flexibility index (Phi) is 4.53. The van der Waals surface area contributed by atoms with E-state index >= 15 is 0 Å². The quantitative estimate of drug-likeness (QED) is 0.440. The molecule has 0 saturated heterocycles. The molecule has 2 aromatic carbocycles. The van der Waals surface area contributed by atoms with Gasteiger partial charge in [-0.3, -0.25) is 0 Å². The summed E-state index contributed by atoms with van der Waals surface area (Å²) in [5, 5.41) is 2.87. The van der Waals surface area contributed by atoms with Gasteiger partial charge in [-0.2, -0.15) is 4.98 Å². The van der Waals surface area contributed by atoms with E-state index in [2.05, 4.69) is 20.3 Å². The van der Waals surface area contributed by atoms with Gasteiger partial charge in [0.25, 0.3) is 0 Å². The van der Waals surface area contributed by atoms with E-state index in [4.69, 9.17) is 26.2 Å². The summed E-state index contributed by atoms with van der Waals surface area (Å²) in [6.07, 6.45) is 3.81. The van der Waals surface area contributed by atoms with Gasteiger partial charge in [-0.25, -0.2) is 14.4 Å². The Labute approximate surface area is 199 Å². The van der Waals surface area contributed by atoms with Gasteiger partial charge in [0, 0.05) is 34.7 Å². The number of hydrogen-bond donors (Lipinski definition) is 2. The standard InChI is InChI=1S/C24H22ClFN6O/c1-28-23-21-16(14-5-8-18(19(9-14)33-2)32-11-20(25)29-12-32)10-17(22(21)30-24(27)31-23)13-3-6-15(26)7-4-13/h3-9,11-12,16-17H,10H2,1-2H3,(H3,27,28,30,31)/i1D3. The van der Waals surface area contributed by atoms with Crippen LogP contribution in [0.1, 0.15) is 44.8 Å². The normalized spacial score (nSPS) is 18.8. The summed E-state index contributed by atoms with van der Waals surface area (Å²) in [5.41, 5.74) is 9.68. The summed E-state index contributed by atoms with van der Waals surface area (Å²) in [6, 6.07) is 11.9. The molecule has 33 heavy (non-hydrogen) atoms. The lowest BCUT2D eigenvalue weighted by Gasteiger charge is -2.18. The zero-order valence-corrected chi connectivity index (χ0v) is 18.3. The Balaban J connectivity index is 1.65. The SMILES string of the molecule is [2H]C([2H])([2H])Nc1nc(N)nc2c1C(c1ccc(-n3cnc(Cl)c3)c(OC)c1)CC2c1ccc(F)cc1. The third-order valence-electron chi connectivity index (χ3n) is 5.97. The fourth-order valence-corrected chi connectivity index (χ4v) is 4.67. The second kappa shape index (κ2) is 8.37. The monoisotopic (exact) mass is 467 g/mol. The number of nitrogens with one attached hydrogen (secondary N) is 1. The van der Waals surface area contributed by atoms with Gasteiger partial charge in [0.2, 0.25) is 5.95 Å². The van der Waals surface area contributed by atoms with Gasteiger partial charge in [-0.1, -0.05) is 29.8 Å². The van der Waals surface area contributed by atoms with E-state index in [0.717, 1.165) is 16.8 Å². The molecule has 4 aromatic rings. The summed E-state index contributed by atoms with van der Waals surface area (Å²) in [4.78, 5) is 12.8. The minimum absolute atomic E-state index is 0.0434. The molecule has 0 spiro atoms. The molecule has 0 amide bonds. The summed E-state index contributed by atoms with van der Waals surface area (Å²) >= 11 is 5.99. The number of hydrogen-bond acceptors (Lipinski definition) is 6. The van der Waals surface area contributed by atoms with Crippen LogP contribution in [0.15, 0.2) is 55.0 Å². The number of nitrogen functional groups attached to an aromatic ring is 1. The van der Waals surface area contributed by atoms with Gasteiger partial charge in [-0.05, 0) is 41.8 Å². The molecule has 0 bridgehead atoms. The largest absolute Gasteiger partial charge is 0.495 e. The number of aromatic nitrogens is 4. The van der Waals surface area contributed by atoms with E-state index in [0.29, 0.717) is 28.6 Å². The topological polar surface area (TPSA) is 90.9 Å². The van der Waals surface area contributed by atoms with Crippen molar-refractivity contribution in [2.45, 2.75) is 18.3 Å². The molecule has 3 N–H and O–H groups in total. The van der Waals surface area contributed by atoms with Crippen LogP contribution in [0.25, 0.3) is 5.69 Å². The van der Waals surface area contributed by atoms with E-state index in [1.54, 1.807) is 36.3 Å². The number of imidazole rings is 1. The molecule has 2 aromatic heterocycles. The van der Waals surface area contributed by atoms with Crippen molar-refractivity contribution in [2.75, 3.05) is 25.1 Å². The Morgan fingerprint density at radius 3 is 2.67 bits per heavy atom. The maximum atomic E-state index is 13.6. The maximum absolute atomic E-state index is 13.6. The van der Waals surface area contributed by atoms with Crippen molar-refractivity contribution in [3.8, 4) is 11.4 Å². The average molecular weight is 468 g/mol. The van der Waals surface area contributed by atoms with E-state index < -0.39 is 6.98 Å². The number of benzene rings is 2. The molecule has 168 valence electrons. The van der Waals surface area contributed by atoms with Crippen molar-refractivity contribution in [1.29, 1.82) is 0 Å². The van der Waals surface area contributed by atoms with Crippen molar-refractivity contribution in [2.24, 2.45) is 0 Å². The molecule has 5 rings (SSSR count). The van der Waals surface area contributed by atoms with Gasteiger partial charge in [0.05, 0.1) is 18.5 Å². The summed E-state index contributed by atoms with van der Waals surface area (Å²) in [6.45, 7) is -2.49. The molecular formula is C24H22ClFN6O. The number of halogens is 2. The first-order chi connectivity index (χ1) is 17.1. The predicted molar refractivity (Wildman–Crippen MR) is 126 cm³/mol. The molecule has 1 aliphatic rings. The fraction of sp³-hybridized carbons (Fsp3) is 0.208. The molecule has 9 heteroatoms. The first-order valence-corrected chi connectivity index (χ1v) is 10.6. The van der Waals surface area contributed by atoms with E-state index in [1.165, 1.54) is 12.1 Å². The lowest BCUT2D eigenvalue weighted by atomic mass is 9.90. The van der Waals surface area contributed by atoms with Crippen LogP contribution in [0, 0.1) is 5.82 Å². The minimum Gasteiger partial charge on any atom is -0.495 e. The van der Waals surface area contributed by atoms with Gasteiger partial charge in [-0.15, -0.1) is 0 Å². The predicted octanol–water partition coefficient (Wildman–Crippen LogP) is 4.75. The first-order valence-electron chi connectivity index (χ1n) is 11.7. The zero-order valence-electron chi connectivity index (χ0n) is 20.6. The van der Waals surface area contributed by atoms with Crippen molar-refractivity contribution in [3.05, 3.63) is 88.3 Å². The Hall–Kier alpha value is -3.65. The van der Waals surface area contributed by atoms with E-state index in [-0.39, 0.29) is 29.4 Å². The molecule has 0 saturated carbocycles. The number of ether oxygens (including phenoxy) is 1. The van der Waals surface area contributed by atoms with Crippen molar-refractivity contribution < 1.29 is 13.2 Å². The smallest absolute Gasteiger partial charge is 0.222 e. The summed E-state index contributed by atoms with van der Waals surface area (Å²) < 4.78 is 44.3. The van der Waals surface area contributed by atoms with Crippen molar-refractivity contribution in [1.82, 2.24) is 19.5 Å². The van der Waals surface area contributed by atoms with Gasteiger partial charge in [0.15, 0.2) is 0 Å². The Morgan fingerprint density at radius 1 is 1.18 bits per heavy atom. The van der Waals surface area contributed by atoms with E-state index in [9.17, 15) is 4.39 Å². The molecule has 7 nitrogen and oxygen atoms in total. The first kappa shape index (κ1) is 17.9. The zero-order chi connectivity index (χ0) is 25.6.